The minimum Gasteiger partial charge on any atom is -0.424 e. The monoisotopic (exact) mass is 512 g/mol. The van der Waals surface area contributed by atoms with E-state index in [4.69, 9.17) is 4.74 Å². The highest BCUT2D eigenvalue weighted by atomic mass is 32.2. The number of anilines is 1. The summed E-state index contributed by atoms with van der Waals surface area (Å²) in [6.45, 7) is 4.00. The van der Waals surface area contributed by atoms with Crippen LogP contribution in [0.25, 0.3) is 11.0 Å². The molecule has 10 heteroatoms. The number of H-pyrrole nitrogens is 1. The SMILES string of the molecule is CCCCCC[C@@H](C)N1C(=O)O[C@](Cc2ccccc2)(c2nc3ccc(NS(C)(=O)=O)cc3[nH]2)C1=O. The normalized spacial score (nSPS) is 19.0. The maximum absolute atomic E-state index is 13.9. The third kappa shape index (κ3) is 5.38. The molecule has 0 aliphatic carbocycles. The highest BCUT2D eigenvalue weighted by Crippen LogP contribution is 2.39. The van der Waals surface area contributed by atoms with Crippen molar-refractivity contribution in [1.29, 1.82) is 0 Å². The number of unbranched alkanes of at least 4 members (excludes halogenated alkanes) is 3. The average molecular weight is 513 g/mol. The van der Waals surface area contributed by atoms with Gasteiger partial charge in [-0.15, -0.1) is 0 Å². The number of fused-ring (bicyclic) bond motifs is 1. The summed E-state index contributed by atoms with van der Waals surface area (Å²) in [4.78, 5) is 36.0. The zero-order valence-corrected chi connectivity index (χ0v) is 21.6. The van der Waals surface area contributed by atoms with Crippen LogP contribution in [-0.2, 0) is 31.6 Å². The fourth-order valence-corrected chi connectivity index (χ4v) is 5.16. The Bertz CT molecular complexity index is 1360. The molecule has 192 valence electrons. The number of aromatic amines is 1. The van der Waals surface area contributed by atoms with Gasteiger partial charge in [-0.25, -0.2) is 23.1 Å². The molecule has 1 aliphatic heterocycles. The van der Waals surface area contributed by atoms with Crippen molar-refractivity contribution in [3.8, 4) is 0 Å². The Kier molecular flexibility index (Phi) is 7.35. The average Bonchev–Trinajstić information content (AvgIpc) is 3.35. The molecule has 2 N–H and O–H groups in total. The van der Waals surface area contributed by atoms with Crippen molar-refractivity contribution >= 4 is 38.7 Å². The number of rotatable bonds is 11. The van der Waals surface area contributed by atoms with Crippen molar-refractivity contribution in [2.45, 2.75) is 64.0 Å². The molecule has 36 heavy (non-hydrogen) atoms. The van der Waals surface area contributed by atoms with Crippen LogP contribution >= 0.6 is 0 Å². The summed E-state index contributed by atoms with van der Waals surface area (Å²) in [6, 6.07) is 13.9. The van der Waals surface area contributed by atoms with Crippen molar-refractivity contribution in [3.05, 3.63) is 59.9 Å². The molecule has 2 atom stereocenters. The molecule has 0 saturated carbocycles. The van der Waals surface area contributed by atoms with Crippen LogP contribution in [0.2, 0.25) is 0 Å². The number of amides is 2. The van der Waals surface area contributed by atoms with E-state index in [9.17, 15) is 18.0 Å². The van der Waals surface area contributed by atoms with Gasteiger partial charge in [0, 0.05) is 12.5 Å². The topological polar surface area (TPSA) is 121 Å². The quantitative estimate of drug-likeness (QED) is 0.359. The zero-order chi connectivity index (χ0) is 25.9. The maximum Gasteiger partial charge on any atom is 0.418 e. The number of nitrogens with one attached hydrogen (secondary N) is 2. The van der Waals surface area contributed by atoms with Crippen LogP contribution in [0.4, 0.5) is 10.5 Å². The largest absolute Gasteiger partial charge is 0.424 e. The number of sulfonamides is 1. The number of ether oxygens (including phenoxy) is 1. The summed E-state index contributed by atoms with van der Waals surface area (Å²) in [7, 11) is -3.47. The number of aromatic nitrogens is 2. The molecule has 0 bridgehead atoms. The van der Waals surface area contributed by atoms with Gasteiger partial charge >= 0.3 is 6.09 Å². The van der Waals surface area contributed by atoms with Crippen molar-refractivity contribution in [3.63, 3.8) is 0 Å². The number of carbonyl (C=O) groups excluding carboxylic acids is 2. The van der Waals surface area contributed by atoms with Crippen LogP contribution in [0.5, 0.6) is 0 Å². The molecule has 9 nitrogen and oxygen atoms in total. The van der Waals surface area contributed by atoms with E-state index in [0.29, 0.717) is 23.1 Å². The van der Waals surface area contributed by atoms with E-state index in [0.717, 1.165) is 37.5 Å². The second-order valence-corrected chi connectivity index (χ2v) is 11.2. The van der Waals surface area contributed by atoms with Crippen LogP contribution < -0.4 is 4.72 Å². The number of cyclic esters (lactones) is 1. The van der Waals surface area contributed by atoms with Gasteiger partial charge in [-0.2, -0.15) is 0 Å². The molecule has 0 radical (unpaired) electrons. The van der Waals surface area contributed by atoms with E-state index in [1.165, 1.54) is 4.90 Å². The third-order valence-corrected chi connectivity index (χ3v) is 7.01. The molecule has 0 spiro atoms. The molecule has 1 aromatic heterocycles. The first-order valence-corrected chi connectivity index (χ1v) is 14.1. The van der Waals surface area contributed by atoms with Crippen LogP contribution in [0.15, 0.2) is 48.5 Å². The lowest BCUT2D eigenvalue weighted by Gasteiger charge is -2.25. The van der Waals surface area contributed by atoms with Gasteiger partial charge < -0.3 is 9.72 Å². The highest BCUT2D eigenvalue weighted by molar-refractivity contribution is 7.92. The smallest absolute Gasteiger partial charge is 0.418 e. The summed E-state index contributed by atoms with van der Waals surface area (Å²) < 4.78 is 31.6. The number of nitrogens with zero attached hydrogens (tertiary/aromatic N) is 2. The Morgan fingerprint density at radius 3 is 2.56 bits per heavy atom. The summed E-state index contributed by atoms with van der Waals surface area (Å²) >= 11 is 0. The first-order chi connectivity index (χ1) is 17.1. The fraction of sp³-hybridized carbons (Fsp3) is 0.423. The number of imide groups is 1. The number of benzene rings is 2. The van der Waals surface area contributed by atoms with E-state index in [1.807, 2.05) is 37.3 Å². The molecule has 1 saturated heterocycles. The van der Waals surface area contributed by atoms with Crippen molar-refractivity contribution in [1.82, 2.24) is 14.9 Å². The van der Waals surface area contributed by atoms with Crippen LogP contribution in [-0.4, -0.2) is 47.6 Å². The fourth-order valence-electron chi connectivity index (χ4n) is 4.60. The van der Waals surface area contributed by atoms with Gasteiger partial charge in [0.2, 0.25) is 10.0 Å². The van der Waals surface area contributed by atoms with Crippen molar-refractivity contribution in [2.75, 3.05) is 11.0 Å². The van der Waals surface area contributed by atoms with E-state index in [-0.39, 0.29) is 18.3 Å². The first kappa shape index (κ1) is 25.7. The van der Waals surface area contributed by atoms with E-state index in [2.05, 4.69) is 21.6 Å². The van der Waals surface area contributed by atoms with Gasteiger partial charge in [-0.3, -0.25) is 9.52 Å². The predicted octanol–water partition coefficient (Wildman–Crippen LogP) is 4.71. The lowest BCUT2D eigenvalue weighted by Crippen LogP contribution is -2.44. The highest BCUT2D eigenvalue weighted by Gasteiger charge is 2.58. The minimum atomic E-state index is -3.47. The zero-order valence-electron chi connectivity index (χ0n) is 20.8. The lowest BCUT2D eigenvalue weighted by molar-refractivity contribution is -0.139. The second-order valence-electron chi connectivity index (χ2n) is 9.42. The standard InChI is InChI=1S/C26H32N4O5S/c1-4-5-6-8-11-18(2)30-24(31)26(35-25(30)32,17-19-12-9-7-10-13-19)23-27-21-15-14-20(16-22(21)28-23)29-36(3,33)34/h7,9-10,12-16,18,29H,4-6,8,11,17H2,1-3H3,(H,27,28)/t18-,26-/m1/s1. The molecular formula is C26H32N4O5S. The molecule has 2 heterocycles. The van der Waals surface area contributed by atoms with Gasteiger partial charge in [0.05, 0.1) is 23.0 Å². The van der Waals surface area contributed by atoms with Crippen molar-refractivity contribution < 1.29 is 22.7 Å². The molecule has 3 aromatic rings. The Labute approximate surface area is 211 Å². The number of carbonyl (C=O) groups is 2. The maximum atomic E-state index is 13.9. The Hall–Kier alpha value is -3.40. The minimum absolute atomic E-state index is 0.117. The number of hydrogen-bond donors (Lipinski definition) is 2. The van der Waals surface area contributed by atoms with Gasteiger partial charge in [-0.1, -0.05) is 62.9 Å². The molecular weight excluding hydrogens is 480 g/mol. The van der Waals surface area contributed by atoms with Crippen LogP contribution in [0, 0.1) is 0 Å². The van der Waals surface area contributed by atoms with Gasteiger partial charge in [0.1, 0.15) is 0 Å². The molecule has 2 aromatic carbocycles. The molecule has 0 unspecified atom stereocenters. The Morgan fingerprint density at radius 2 is 1.86 bits per heavy atom. The van der Waals surface area contributed by atoms with Crippen LogP contribution in [0.1, 0.15) is 57.3 Å². The third-order valence-electron chi connectivity index (χ3n) is 6.40. The Morgan fingerprint density at radius 1 is 1.11 bits per heavy atom. The van der Waals surface area contributed by atoms with Gasteiger partial charge in [0.25, 0.3) is 11.5 Å². The molecule has 1 fully saturated rings. The summed E-state index contributed by atoms with van der Waals surface area (Å²) in [5.41, 5.74) is 0.553. The molecule has 2 amide bonds. The van der Waals surface area contributed by atoms with Gasteiger partial charge in [0.15, 0.2) is 5.82 Å². The van der Waals surface area contributed by atoms with E-state index < -0.39 is 27.6 Å². The second kappa shape index (κ2) is 10.3. The summed E-state index contributed by atoms with van der Waals surface area (Å²) in [6.07, 6.45) is 5.37. The summed E-state index contributed by atoms with van der Waals surface area (Å²) in [5.74, 6) is -0.246. The van der Waals surface area contributed by atoms with Crippen LogP contribution in [0.3, 0.4) is 0 Å². The molecule has 1 aliphatic rings. The summed E-state index contributed by atoms with van der Waals surface area (Å²) in [5, 5.41) is 0. The van der Waals surface area contributed by atoms with E-state index in [1.54, 1.807) is 18.2 Å². The van der Waals surface area contributed by atoms with E-state index >= 15 is 0 Å². The number of imidazole rings is 1. The molecule has 4 rings (SSSR count). The van der Waals surface area contributed by atoms with Crippen molar-refractivity contribution in [2.24, 2.45) is 0 Å². The first-order valence-electron chi connectivity index (χ1n) is 12.2. The lowest BCUT2D eigenvalue weighted by atomic mass is 9.92. The van der Waals surface area contributed by atoms with Gasteiger partial charge in [-0.05, 0) is 37.1 Å². The number of hydrogen-bond acceptors (Lipinski definition) is 6. The predicted molar refractivity (Wildman–Crippen MR) is 138 cm³/mol. The Balaban J connectivity index is 1.72.